The minimum atomic E-state index is -5.20. The minimum Gasteiger partial charge on any atom is -0.344 e. The van der Waals surface area contributed by atoms with Gasteiger partial charge in [-0.05, 0) is 11.8 Å². The van der Waals surface area contributed by atoms with E-state index in [4.69, 9.17) is 14.7 Å². The molecule has 98 valence electrons. The van der Waals surface area contributed by atoms with Crippen molar-refractivity contribution in [3.05, 3.63) is 0 Å². The third kappa shape index (κ3) is 5.98. The number of rotatable bonds is 4. The summed E-state index contributed by atoms with van der Waals surface area (Å²) in [6.45, 7) is 0.617. The fraction of sp³-hybridized carbons (Fsp3) is 1.00. The van der Waals surface area contributed by atoms with Gasteiger partial charge in [-0.15, -0.1) is 0 Å². The van der Waals surface area contributed by atoms with E-state index >= 15 is 0 Å². The van der Waals surface area contributed by atoms with Crippen LogP contribution in [-0.4, -0.2) is 24.7 Å². The van der Waals surface area contributed by atoms with Crippen LogP contribution in [0, 0.1) is 0 Å². The van der Waals surface area contributed by atoms with Crippen LogP contribution in [0.2, 0.25) is 0 Å². The Hall–Kier alpha value is 0.870. The Labute approximate surface area is 97.6 Å². The molecule has 0 saturated heterocycles. The molecule has 0 aliphatic rings. The number of hydrogen-bond donors (Lipinski definition) is 4. The first-order valence-electron chi connectivity index (χ1n) is 3.80. The molecular weight excluding hydrogens is 301 g/mol. The summed E-state index contributed by atoms with van der Waals surface area (Å²) in [5.74, 6) is 0. The second kappa shape index (κ2) is 4.86. The zero-order chi connectivity index (χ0) is 13.4. The average Bonchev–Trinajstić information content (AvgIpc) is 1.72. The maximum absolute atomic E-state index is 11.1. The Kier molecular flexibility index (Phi) is 5.12. The van der Waals surface area contributed by atoms with Crippen LogP contribution in [0.25, 0.3) is 0 Å². The van der Waals surface area contributed by atoms with E-state index in [-0.39, 0.29) is 0 Å². The Bertz CT molecular complexity index is 393. The highest BCUT2D eigenvalue weighted by atomic mass is 32.5. The highest BCUT2D eigenvalue weighted by Crippen LogP contribution is 2.69. The van der Waals surface area contributed by atoms with Gasteiger partial charge in [-0.2, -0.15) is 4.31 Å². The molecule has 0 saturated carbocycles. The minimum absolute atomic E-state index is 1.03. The van der Waals surface area contributed by atoms with E-state index in [0.717, 1.165) is 0 Å². The molecule has 0 radical (unpaired) electrons. The van der Waals surface area contributed by atoms with E-state index in [0.29, 0.717) is 0 Å². The summed E-state index contributed by atoms with van der Waals surface area (Å²) < 4.78 is 29.2. The summed E-state index contributed by atoms with van der Waals surface area (Å²) in [6.07, 6.45) is 0. The lowest BCUT2D eigenvalue weighted by atomic mass is 10.3. The van der Waals surface area contributed by atoms with Crippen molar-refractivity contribution in [2.24, 2.45) is 0 Å². The van der Waals surface area contributed by atoms with Crippen LogP contribution in [-0.2, 0) is 29.6 Å². The van der Waals surface area contributed by atoms with Gasteiger partial charge in [0.05, 0.1) is 0 Å². The van der Waals surface area contributed by atoms with Crippen molar-refractivity contribution in [3.8, 4) is 0 Å². The molecule has 0 fully saturated rings. The highest BCUT2D eigenvalue weighted by Gasteiger charge is 2.42. The molecule has 8 nitrogen and oxygen atoms in total. The maximum atomic E-state index is 11.1. The van der Waals surface area contributed by atoms with Gasteiger partial charge >= 0.3 is 15.6 Å². The van der Waals surface area contributed by atoms with Gasteiger partial charge in [0.25, 0.3) is 0 Å². The van der Waals surface area contributed by atoms with Crippen LogP contribution in [0.5, 0.6) is 0 Å². The normalized spacial score (nSPS) is 21.2. The SMILES string of the molecule is CC(C)(C)P(O)(=S)OP(=O)(O)OP(=O)(O)O. The van der Waals surface area contributed by atoms with Crippen molar-refractivity contribution >= 4 is 33.9 Å². The zero-order valence-corrected chi connectivity index (χ0v) is 12.2. The third-order valence-electron chi connectivity index (χ3n) is 1.27. The number of phosphoric acid groups is 2. The Morgan fingerprint density at radius 3 is 1.62 bits per heavy atom. The van der Waals surface area contributed by atoms with Crippen LogP contribution >= 0.6 is 22.1 Å². The van der Waals surface area contributed by atoms with E-state index in [1.54, 1.807) is 0 Å². The molecular formula is C4H13O8P3S. The Morgan fingerprint density at radius 2 is 1.38 bits per heavy atom. The van der Waals surface area contributed by atoms with E-state index in [2.05, 4.69) is 20.4 Å². The van der Waals surface area contributed by atoms with E-state index in [9.17, 15) is 14.0 Å². The third-order valence-corrected chi connectivity index (χ3v) is 8.60. The summed E-state index contributed by atoms with van der Waals surface area (Å²) in [4.78, 5) is 35.2. The molecule has 2 atom stereocenters. The summed E-state index contributed by atoms with van der Waals surface area (Å²) in [7, 11) is -10.3. The fourth-order valence-electron chi connectivity index (χ4n) is 0.412. The predicted molar refractivity (Wildman–Crippen MR) is 60.3 cm³/mol. The lowest BCUT2D eigenvalue weighted by Gasteiger charge is -2.29. The van der Waals surface area contributed by atoms with E-state index < -0.39 is 27.3 Å². The van der Waals surface area contributed by atoms with Gasteiger partial charge in [0.2, 0.25) is 6.49 Å². The van der Waals surface area contributed by atoms with Crippen LogP contribution in [0.4, 0.5) is 0 Å². The molecule has 0 heterocycles. The first-order chi connectivity index (χ1) is 6.66. The predicted octanol–water partition coefficient (Wildman–Crippen LogP) is 1.31. The number of hydrogen-bond acceptors (Lipinski definition) is 5. The first-order valence-corrected chi connectivity index (χ1v) is 9.50. The molecule has 0 bridgehead atoms. The summed E-state index contributed by atoms with van der Waals surface area (Å²) >= 11 is 4.60. The van der Waals surface area contributed by atoms with Crippen LogP contribution < -0.4 is 0 Å². The molecule has 2 unspecified atom stereocenters. The molecule has 0 aromatic rings. The largest absolute Gasteiger partial charge is 0.486 e. The lowest BCUT2D eigenvalue weighted by Crippen LogP contribution is -2.15. The summed E-state index contributed by atoms with van der Waals surface area (Å²) in [6, 6.07) is 0. The molecule has 0 aromatic heterocycles. The van der Waals surface area contributed by atoms with Gasteiger partial charge in [0.1, 0.15) is 0 Å². The van der Waals surface area contributed by atoms with Gasteiger partial charge in [-0.1, -0.05) is 20.8 Å². The maximum Gasteiger partial charge on any atom is 0.486 e. The standard InChI is InChI=1S/C4H13O8P3S/c1-4(2,3)13(5,16)11-15(9,10)12-14(6,7)8/h1-3H3,(H,5,16)(H,9,10)(H2,6,7,8). The van der Waals surface area contributed by atoms with Crippen molar-refractivity contribution < 1.29 is 37.3 Å². The second-order valence-electron chi connectivity index (χ2n) is 3.81. The molecule has 0 aromatic carbocycles. The molecule has 0 spiro atoms. The van der Waals surface area contributed by atoms with Crippen LogP contribution in [0.3, 0.4) is 0 Å². The van der Waals surface area contributed by atoms with Crippen molar-refractivity contribution in [1.29, 1.82) is 0 Å². The Morgan fingerprint density at radius 1 is 1.00 bits per heavy atom. The highest BCUT2D eigenvalue weighted by molar-refractivity contribution is 8.11. The molecule has 0 aliphatic heterocycles. The van der Waals surface area contributed by atoms with Crippen molar-refractivity contribution in [2.75, 3.05) is 0 Å². The molecule has 0 amide bonds. The smallest absolute Gasteiger partial charge is 0.344 e. The molecule has 16 heavy (non-hydrogen) atoms. The first kappa shape index (κ1) is 16.9. The molecule has 0 aliphatic carbocycles. The van der Waals surface area contributed by atoms with Crippen molar-refractivity contribution in [1.82, 2.24) is 0 Å². The fourth-order valence-corrected chi connectivity index (χ4v) is 4.73. The summed E-state index contributed by atoms with van der Waals surface area (Å²) in [5.41, 5.74) is 0. The molecule has 4 N–H and O–H groups in total. The average molecular weight is 314 g/mol. The summed E-state index contributed by atoms with van der Waals surface area (Å²) in [5, 5.41) is -1.03. The van der Waals surface area contributed by atoms with Gasteiger partial charge < -0.3 is 19.6 Å². The zero-order valence-electron chi connectivity index (χ0n) is 8.67. The monoisotopic (exact) mass is 314 g/mol. The second-order valence-corrected chi connectivity index (χ2v) is 10.9. The van der Waals surface area contributed by atoms with Crippen molar-refractivity contribution in [3.63, 3.8) is 0 Å². The quantitative estimate of drug-likeness (QED) is 0.566. The van der Waals surface area contributed by atoms with Gasteiger partial charge in [0.15, 0.2) is 0 Å². The van der Waals surface area contributed by atoms with E-state index in [1.165, 1.54) is 20.8 Å². The van der Waals surface area contributed by atoms with E-state index in [1.807, 2.05) is 0 Å². The lowest BCUT2D eigenvalue weighted by molar-refractivity contribution is 0.227. The van der Waals surface area contributed by atoms with Crippen molar-refractivity contribution in [2.45, 2.75) is 25.9 Å². The van der Waals surface area contributed by atoms with Gasteiger partial charge in [-0.25, -0.2) is 13.4 Å². The molecule has 12 heteroatoms. The van der Waals surface area contributed by atoms with Crippen LogP contribution in [0.1, 0.15) is 20.8 Å². The van der Waals surface area contributed by atoms with Gasteiger partial charge in [0, 0.05) is 5.16 Å². The topological polar surface area (TPSA) is 134 Å². The Balaban J connectivity index is 4.94. The molecule has 0 rings (SSSR count). The van der Waals surface area contributed by atoms with Crippen LogP contribution in [0.15, 0.2) is 0 Å². The van der Waals surface area contributed by atoms with Gasteiger partial charge in [-0.3, -0.25) is 0 Å².